The van der Waals surface area contributed by atoms with E-state index in [2.05, 4.69) is 36.9 Å². The second-order valence-electron chi connectivity index (χ2n) is 6.32. The van der Waals surface area contributed by atoms with E-state index in [0.29, 0.717) is 6.54 Å². The van der Waals surface area contributed by atoms with Gasteiger partial charge in [0.15, 0.2) is 0 Å². The molecule has 1 aliphatic rings. The summed E-state index contributed by atoms with van der Waals surface area (Å²) < 4.78 is 2.19. The maximum atomic E-state index is 11.5. The molecule has 1 amide bonds. The second kappa shape index (κ2) is 7.80. The molecule has 0 radical (unpaired) electrons. The summed E-state index contributed by atoms with van der Waals surface area (Å²) in [5.74, 6) is 0.119. The van der Waals surface area contributed by atoms with Crippen LogP contribution in [0.5, 0.6) is 0 Å². The standard InChI is InChI=1S/C19H21N5OS/c25-16-13-23(11-7-20-16)9-4-10-24-14-22-17(15-5-2-1-3-6-15)18(24)19-21-8-12-26-19/h1-3,5-6,8,12,14H,4,7,9-11,13H2,(H,20,25). The Morgan fingerprint density at radius 3 is 2.81 bits per heavy atom. The number of nitrogens with one attached hydrogen (secondary N) is 1. The first kappa shape index (κ1) is 16.9. The Morgan fingerprint density at radius 1 is 1.15 bits per heavy atom. The van der Waals surface area contributed by atoms with Gasteiger partial charge in [-0.05, 0) is 6.42 Å². The fourth-order valence-corrected chi connectivity index (χ4v) is 3.97. The van der Waals surface area contributed by atoms with Crippen molar-refractivity contribution in [3.63, 3.8) is 0 Å². The molecule has 0 bridgehead atoms. The second-order valence-corrected chi connectivity index (χ2v) is 7.21. The van der Waals surface area contributed by atoms with Gasteiger partial charge in [0.2, 0.25) is 5.91 Å². The molecule has 4 rings (SSSR count). The molecule has 1 saturated heterocycles. The summed E-state index contributed by atoms with van der Waals surface area (Å²) in [5, 5.41) is 5.85. The Bertz CT molecular complexity index is 859. The fraction of sp³-hybridized carbons (Fsp3) is 0.316. The van der Waals surface area contributed by atoms with Crippen LogP contribution in [0.15, 0.2) is 48.2 Å². The number of aryl methyl sites for hydroxylation is 1. The van der Waals surface area contributed by atoms with Crippen molar-refractivity contribution in [1.29, 1.82) is 0 Å². The summed E-state index contributed by atoms with van der Waals surface area (Å²) in [5.41, 5.74) is 3.14. The van der Waals surface area contributed by atoms with E-state index in [1.165, 1.54) is 0 Å². The molecule has 7 heteroatoms. The van der Waals surface area contributed by atoms with Crippen LogP contribution < -0.4 is 5.32 Å². The number of aromatic nitrogens is 3. The van der Waals surface area contributed by atoms with E-state index in [1.807, 2.05) is 36.1 Å². The van der Waals surface area contributed by atoms with Crippen molar-refractivity contribution in [2.75, 3.05) is 26.2 Å². The monoisotopic (exact) mass is 367 g/mol. The minimum Gasteiger partial charge on any atom is -0.354 e. The lowest BCUT2D eigenvalue weighted by molar-refractivity contribution is -0.124. The zero-order valence-corrected chi connectivity index (χ0v) is 15.3. The normalized spacial score (nSPS) is 15.2. The van der Waals surface area contributed by atoms with Gasteiger partial charge < -0.3 is 9.88 Å². The van der Waals surface area contributed by atoms with E-state index in [4.69, 9.17) is 0 Å². The molecule has 3 aromatic rings. The van der Waals surface area contributed by atoms with Gasteiger partial charge in [-0.3, -0.25) is 9.69 Å². The summed E-state index contributed by atoms with van der Waals surface area (Å²) in [6.45, 7) is 3.92. The van der Waals surface area contributed by atoms with E-state index in [-0.39, 0.29) is 5.91 Å². The van der Waals surface area contributed by atoms with Gasteiger partial charge in [-0.15, -0.1) is 11.3 Å². The van der Waals surface area contributed by atoms with Crippen molar-refractivity contribution < 1.29 is 4.79 Å². The predicted molar refractivity (Wildman–Crippen MR) is 103 cm³/mol. The van der Waals surface area contributed by atoms with Gasteiger partial charge in [-0.2, -0.15) is 0 Å². The number of nitrogens with zero attached hydrogens (tertiary/aromatic N) is 4. The highest BCUT2D eigenvalue weighted by Crippen LogP contribution is 2.32. The van der Waals surface area contributed by atoms with Crippen LogP contribution in [-0.4, -0.2) is 51.5 Å². The number of hydrogen-bond donors (Lipinski definition) is 1. The average molecular weight is 367 g/mol. The number of hydrogen-bond acceptors (Lipinski definition) is 5. The molecular formula is C19H21N5OS. The highest BCUT2D eigenvalue weighted by molar-refractivity contribution is 7.13. The lowest BCUT2D eigenvalue weighted by atomic mass is 10.1. The van der Waals surface area contributed by atoms with E-state index >= 15 is 0 Å². The van der Waals surface area contributed by atoms with Crippen molar-refractivity contribution in [2.45, 2.75) is 13.0 Å². The number of rotatable bonds is 6. The Labute approximate surface area is 156 Å². The van der Waals surface area contributed by atoms with Crippen LogP contribution in [0, 0.1) is 0 Å². The third-order valence-electron chi connectivity index (χ3n) is 4.51. The molecule has 0 unspecified atom stereocenters. The van der Waals surface area contributed by atoms with Gasteiger partial charge >= 0.3 is 0 Å². The highest BCUT2D eigenvalue weighted by Gasteiger charge is 2.18. The zero-order chi connectivity index (χ0) is 17.8. The summed E-state index contributed by atoms with van der Waals surface area (Å²) in [4.78, 5) is 22.9. The molecule has 1 aliphatic heterocycles. The van der Waals surface area contributed by atoms with Gasteiger partial charge in [0.1, 0.15) is 10.7 Å². The molecular weight excluding hydrogens is 346 g/mol. The van der Waals surface area contributed by atoms with E-state index in [1.54, 1.807) is 11.3 Å². The lowest BCUT2D eigenvalue weighted by Crippen LogP contribution is -2.47. The Hall–Kier alpha value is -2.51. The SMILES string of the molecule is O=C1CN(CCCn2cnc(-c3ccccc3)c2-c2nccs2)CCN1. The lowest BCUT2D eigenvalue weighted by Gasteiger charge is -2.26. The van der Waals surface area contributed by atoms with Gasteiger partial charge in [0.05, 0.1) is 18.6 Å². The van der Waals surface area contributed by atoms with Crippen LogP contribution >= 0.6 is 11.3 Å². The molecule has 3 heterocycles. The average Bonchev–Trinajstić information content (AvgIpc) is 3.32. The molecule has 1 N–H and O–H groups in total. The zero-order valence-electron chi connectivity index (χ0n) is 14.5. The summed E-state index contributed by atoms with van der Waals surface area (Å²) in [6.07, 6.45) is 4.71. The largest absolute Gasteiger partial charge is 0.354 e. The van der Waals surface area contributed by atoms with Crippen LogP contribution in [0.25, 0.3) is 22.0 Å². The molecule has 6 nitrogen and oxygen atoms in total. The molecule has 0 spiro atoms. The maximum absolute atomic E-state index is 11.5. The third-order valence-corrected chi connectivity index (χ3v) is 5.29. The van der Waals surface area contributed by atoms with E-state index in [0.717, 1.165) is 54.6 Å². The molecule has 0 saturated carbocycles. The van der Waals surface area contributed by atoms with Crippen LogP contribution in [0.1, 0.15) is 6.42 Å². The number of carbonyl (C=O) groups excluding carboxylic acids is 1. The summed E-state index contributed by atoms with van der Waals surface area (Å²) in [7, 11) is 0. The van der Waals surface area contributed by atoms with Crippen molar-refractivity contribution in [3.05, 3.63) is 48.2 Å². The first-order chi connectivity index (χ1) is 12.8. The summed E-state index contributed by atoms with van der Waals surface area (Å²) in [6, 6.07) is 10.2. The first-order valence-corrected chi connectivity index (χ1v) is 9.69. The summed E-state index contributed by atoms with van der Waals surface area (Å²) >= 11 is 1.63. The topological polar surface area (TPSA) is 63.1 Å². The van der Waals surface area contributed by atoms with Crippen LogP contribution in [-0.2, 0) is 11.3 Å². The van der Waals surface area contributed by atoms with E-state index < -0.39 is 0 Å². The van der Waals surface area contributed by atoms with Crippen LogP contribution in [0.3, 0.4) is 0 Å². The number of piperazine rings is 1. The molecule has 0 atom stereocenters. The fourth-order valence-electron chi connectivity index (χ4n) is 3.27. The quantitative estimate of drug-likeness (QED) is 0.727. The highest BCUT2D eigenvalue weighted by atomic mass is 32.1. The molecule has 2 aromatic heterocycles. The van der Waals surface area contributed by atoms with Crippen molar-refractivity contribution in [1.82, 2.24) is 24.8 Å². The number of thiazole rings is 1. The Morgan fingerprint density at radius 2 is 2.04 bits per heavy atom. The minimum atomic E-state index is 0.119. The Kier molecular flexibility index (Phi) is 5.08. The van der Waals surface area contributed by atoms with Crippen LogP contribution in [0.4, 0.5) is 0 Å². The predicted octanol–water partition coefficient (Wildman–Crippen LogP) is 2.50. The number of carbonyl (C=O) groups is 1. The van der Waals surface area contributed by atoms with Gasteiger partial charge in [-0.25, -0.2) is 9.97 Å². The van der Waals surface area contributed by atoms with Crippen molar-refractivity contribution in [2.24, 2.45) is 0 Å². The smallest absolute Gasteiger partial charge is 0.234 e. The molecule has 134 valence electrons. The molecule has 1 fully saturated rings. The first-order valence-electron chi connectivity index (χ1n) is 8.81. The number of amides is 1. The molecule has 0 aliphatic carbocycles. The van der Waals surface area contributed by atoms with Crippen molar-refractivity contribution in [3.8, 4) is 22.0 Å². The number of imidazole rings is 1. The third kappa shape index (κ3) is 3.68. The van der Waals surface area contributed by atoms with Gasteiger partial charge in [0.25, 0.3) is 0 Å². The number of benzene rings is 1. The van der Waals surface area contributed by atoms with Crippen molar-refractivity contribution >= 4 is 17.2 Å². The van der Waals surface area contributed by atoms with Gasteiger partial charge in [-0.1, -0.05) is 30.3 Å². The van der Waals surface area contributed by atoms with E-state index in [9.17, 15) is 4.79 Å². The van der Waals surface area contributed by atoms with Gasteiger partial charge in [0, 0.05) is 43.3 Å². The Balaban J connectivity index is 1.53. The molecule has 26 heavy (non-hydrogen) atoms. The maximum Gasteiger partial charge on any atom is 0.234 e. The van der Waals surface area contributed by atoms with Crippen LogP contribution in [0.2, 0.25) is 0 Å². The molecule has 1 aromatic carbocycles. The minimum absolute atomic E-state index is 0.119.